The van der Waals surface area contributed by atoms with E-state index in [1.807, 2.05) is 6.26 Å². The minimum Gasteiger partial charge on any atom is -0.496 e. The molecule has 0 atom stereocenters. The van der Waals surface area contributed by atoms with Crippen molar-refractivity contribution < 1.29 is 9.66 Å². The predicted molar refractivity (Wildman–Crippen MR) is 71.1 cm³/mol. The SMILES string of the molecule is COc1ccc(NCCCSC)c([N+](=O)[O-])c1. The maximum Gasteiger partial charge on any atom is 0.296 e. The molecule has 0 saturated heterocycles. The molecule has 0 aromatic heterocycles. The first-order chi connectivity index (χ1) is 8.19. The van der Waals surface area contributed by atoms with E-state index in [0.29, 0.717) is 11.4 Å². The normalized spacial score (nSPS) is 10.0. The Balaban J connectivity index is 2.73. The molecule has 1 N–H and O–H groups in total. The van der Waals surface area contributed by atoms with E-state index in [1.165, 1.54) is 13.2 Å². The molecule has 0 amide bonds. The molecule has 0 heterocycles. The lowest BCUT2D eigenvalue weighted by molar-refractivity contribution is -0.384. The zero-order chi connectivity index (χ0) is 12.7. The van der Waals surface area contributed by atoms with Gasteiger partial charge in [-0.15, -0.1) is 0 Å². The Kier molecular flexibility index (Phi) is 5.62. The van der Waals surface area contributed by atoms with Gasteiger partial charge >= 0.3 is 0 Å². The number of hydrogen-bond donors (Lipinski definition) is 1. The molecule has 5 nitrogen and oxygen atoms in total. The van der Waals surface area contributed by atoms with Gasteiger partial charge in [0.25, 0.3) is 5.69 Å². The summed E-state index contributed by atoms with van der Waals surface area (Å²) in [6.45, 7) is 0.730. The highest BCUT2D eigenvalue weighted by atomic mass is 32.2. The van der Waals surface area contributed by atoms with E-state index in [0.717, 1.165) is 18.7 Å². The number of thioether (sulfide) groups is 1. The smallest absolute Gasteiger partial charge is 0.296 e. The molecule has 94 valence electrons. The summed E-state index contributed by atoms with van der Waals surface area (Å²) < 4.78 is 4.97. The van der Waals surface area contributed by atoms with Crippen LogP contribution < -0.4 is 10.1 Å². The van der Waals surface area contributed by atoms with Crippen LogP contribution in [0.4, 0.5) is 11.4 Å². The van der Waals surface area contributed by atoms with Crippen molar-refractivity contribution in [2.45, 2.75) is 6.42 Å². The largest absolute Gasteiger partial charge is 0.496 e. The maximum atomic E-state index is 10.9. The molecule has 17 heavy (non-hydrogen) atoms. The van der Waals surface area contributed by atoms with Crippen LogP contribution >= 0.6 is 11.8 Å². The Morgan fingerprint density at radius 1 is 1.53 bits per heavy atom. The number of methoxy groups -OCH3 is 1. The molecule has 0 saturated carbocycles. The van der Waals surface area contributed by atoms with Crippen LogP contribution in [0.1, 0.15) is 6.42 Å². The van der Waals surface area contributed by atoms with Crippen LogP contribution in [-0.4, -0.2) is 30.6 Å². The standard InChI is InChI=1S/C11H16N2O3S/c1-16-9-4-5-10(11(8-9)13(14)15)12-6-3-7-17-2/h4-5,8,12H,3,6-7H2,1-2H3. The van der Waals surface area contributed by atoms with Crippen LogP contribution in [0, 0.1) is 10.1 Å². The number of benzene rings is 1. The Morgan fingerprint density at radius 3 is 2.88 bits per heavy atom. The van der Waals surface area contributed by atoms with Crippen LogP contribution in [0.2, 0.25) is 0 Å². The van der Waals surface area contributed by atoms with Gasteiger partial charge in [-0.2, -0.15) is 11.8 Å². The second-order valence-corrected chi connectivity index (χ2v) is 4.40. The molecule has 0 aliphatic carbocycles. The average molecular weight is 256 g/mol. The quantitative estimate of drug-likeness (QED) is 0.461. The zero-order valence-electron chi connectivity index (χ0n) is 9.93. The van der Waals surface area contributed by atoms with Crippen LogP contribution in [0.25, 0.3) is 0 Å². The second-order valence-electron chi connectivity index (χ2n) is 3.41. The monoisotopic (exact) mass is 256 g/mol. The summed E-state index contributed by atoms with van der Waals surface area (Å²) in [6, 6.07) is 4.82. The zero-order valence-corrected chi connectivity index (χ0v) is 10.8. The van der Waals surface area contributed by atoms with Gasteiger partial charge < -0.3 is 10.1 Å². The molecule has 0 radical (unpaired) electrons. The Labute approximate surface area is 105 Å². The second kappa shape index (κ2) is 7.01. The number of hydrogen-bond acceptors (Lipinski definition) is 5. The summed E-state index contributed by atoms with van der Waals surface area (Å²) in [5.41, 5.74) is 0.588. The molecule has 6 heteroatoms. The third-order valence-electron chi connectivity index (χ3n) is 2.24. The molecule has 1 aromatic rings. The summed E-state index contributed by atoms with van der Waals surface area (Å²) in [4.78, 5) is 10.5. The van der Waals surface area contributed by atoms with Crippen molar-refractivity contribution >= 4 is 23.1 Å². The summed E-state index contributed by atoms with van der Waals surface area (Å²) in [7, 11) is 1.49. The third kappa shape index (κ3) is 4.14. The first-order valence-corrected chi connectivity index (χ1v) is 6.63. The van der Waals surface area contributed by atoms with Gasteiger partial charge in [-0.05, 0) is 30.6 Å². The minimum atomic E-state index is -0.403. The lowest BCUT2D eigenvalue weighted by atomic mass is 10.2. The third-order valence-corrected chi connectivity index (χ3v) is 2.94. The van der Waals surface area contributed by atoms with Gasteiger partial charge in [0.05, 0.1) is 18.1 Å². The van der Waals surface area contributed by atoms with Gasteiger partial charge in [-0.1, -0.05) is 0 Å². The number of nitro groups is 1. The molecular weight excluding hydrogens is 240 g/mol. The van der Waals surface area contributed by atoms with Crippen molar-refractivity contribution in [1.82, 2.24) is 0 Å². The first kappa shape index (κ1) is 13.6. The molecule has 1 rings (SSSR count). The van der Waals surface area contributed by atoms with Crippen LogP contribution in [0.15, 0.2) is 18.2 Å². The summed E-state index contributed by atoms with van der Waals surface area (Å²) >= 11 is 1.76. The number of rotatable bonds is 7. The van der Waals surface area contributed by atoms with Gasteiger partial charge in [0, 0.05) is 6.54 Å². The van der Waals surface area contributed by atoms with E-state index in [-0.39, 0.29) is 5.69 Å². The van der Waals surface area contributed by atoms with Gasteiger partial charge in [-0.25, -0.2) is 0 Å². The van der Waals surface area contributed by atoms with E-state index >= 15 is 0 Å². The van der Waals surface area contributed by atoms with Crippen LogP contribution in [0.3, 0.4) is 0 Å². The molecule has 0 unspecified atom stereocenters. The summed E-state index contributed by atoms with van der Waals surface area (Å²) in [6.07, 6.45) is 3.01. The topological polar surface area (TPSA) is 64.4 Å². The van der Waals surface area contributed by atoms with Gasteiger partial charge in [0.1, 0.15) is 11.4 Å². The van der Waals surface area contributed by atoms with Crippen molar-refractivity contribution in [3.63, 3.8) is 0 Å². The van der Waals surface area contributed by atoms with E-state index in [9.17, 15) is 10.1 Å². The van der Waals surface area contributed by atoms with Gasteiger partial charge in [-0.3, -0.25) is 10.1 Å². The number of nitro benzene ring substituents is 1. The van der Waals surface area contributed by atoms with E-state index in [2.05, 4.69) is 5.32 Å². The highest BCUT2D eigenvalue weighted by Crippen LogP contribution is 2.28. The van der Waals surface area contributed by atoms with E-state index < -0.39 is 4.92 Å². The lowest BCUT2D eigenvalue weighted by Gasteiger charge is -2.07. The molecule has 0 bridgehead atoms. The van der Waals surface area contributed by atoms with E-state index in [4.69, 9.17) is 4.74 Å². The summed E-state index contributed by atoms with van der Waals surface area (Å²) in [5.74, 6) is 1.53. The molecule has 0 fully saturated rings. The number of anilines is 1. The van der Waals surface area contributed by atoms with Crippen molar-refractivity contribution in [1.29, 1.82) is 0 Å². The van der Waals surface area contributed by atoms with Gasteiger partial charge in [0.2, 0.25) is 0 Å². The Bertz CT molecular complexity index is 385. The van der Waals surface area contributed by atoms with Crippen molar-refractivity contribution in [2.75, 3.05) is 31.0 Å². The number of nitrogens with one attached hydrogen (secondary N) is 1. The highest BCUT2D eigenvalue weighted by molar-refractivity contribution is 7.98. The molecule has 1 aromatic carbocycles. The van der Waals surface area contributed by atoms with Gasteiger partial charge in [0.15, 0.2) is 0 Å². The minimum absolute atomic E-state index is 0.0495. The van der Waals surface area contributed by atoms with Crippen LogP contribution in [-0.2, 0) is 0 Å². The highest BCUT2D eigenvalue weighted by Gasteiger charge is 2.14. The van der Waals surface area contributed by atoms with E-state index in [1.54, 1.807) is 23.9 Å². The summed E-state index contributed by atoms with van der Waals surface area (Å²) in [5, 5.41) is 14.0. The number of nitrogens with zero attached hydrogens (tertiary/aromatic N) is 1. The predicted octanol–water partition coefficient (Wildman–Crippen LogP) is 2.77. The molecule has 0 spiro atoms. The lowest BCUT2D eigenvalue weighted by Crippen LogP contribution is -2.05. The Morgan fingerprint density at radius 2 is 2.29 bits per heavy atom. The average Bonchev–Trinajstić information content (AvgIpc) is 2.34. The molecule has 0 aliphatic rings. The molecule has 0 aliphatic heterocycles. The van der Waals surface area contributed by atoms with Crippen molar-refractivity contribution in [2.24, 2.45) is 0 Å². The van der Waals surface area contributed by atoms with Crippen molar-refractivity contribution in [3.05, 3.63) is 28.3 Å². The fourth-order valence-corrected chi connectivity index (χ4v) is 1.81. The van der Waals surface area contributed by atoms with Crippen molar-refractivity contribution in [3.8, 4) is 5.75 Å². The fourth-order valence-electron chi connectivity index (χ4n) is 1.38. The maximum absolute atomic E-state index is 10.9. The fraction of sp³-hybridized carbons (Fsp3) is 0.455. The molecular formula is C11H16N2O3S. The Hall–Kier alpha value is -1.43. The number of ether oxygens (including phenoxy) is 1. The first-order valence-electron chi connectivity index (χ1n) is 5.24. The van der Waals surface area contributed by atoms with Crippen LogP contribution in [0.5, 0.6) is 5.75 Å².